The van der Waals surface area contributed by atoms with E-state index in [2.05, 4.69) is 16.0 Å². The molecule has 0 radical (unpaired) electrons. The Hall–Kier alpha value is -3.22. The van der Waals surface area contributed by atoms with Crippen molar-refractivity contribution in [2.75, 3.05) is 24.9 Å². The fourth-order valence-corrected chi connectivity index (χ4v) is 2.49. The monoisotopic (exact) mass is 371 g/mol. The molecular weight excluding hydrogens is 346 g/mol. The topological polar surface area (TPSA) is 88.7 Å². The largest absolute Gasteiger partial charge is 0.497 e. The summed E-state index contributed by atoms with van der Waals surface area (Å²) in [4.78, 5) is 25.0. The molecule has 0 saturated heterocycles. The van der Waals surface area contributed by atoms with Crippen LogP contribution in [0.15, 0.2) is 48.5 Å². The third kappa shape index (κ3) is 5.64. The molecule has 0 aromatic heterocycles. The molecule has 0 heterocycles. The number of nitrogens with one attached hydrogen (secondary N) is 3. The number of hydrogen-bond acceptors (Lipinski definition) is 4. The van der Waals surface area contributed by atoms with Crippen molar-refractivity contribution in [1.82, 2.24) is 5.32 Å². The van der Waals surface area contributed by atoms with E-state index in [4.69, 9.17) is 9.47 Å². The predicted molar refractivity (Wildman–Crippen MR) is 105 cm³/mol. The predicted octanol–water partition coefficient (Wildman–Crippen LogP) is 3.49. The molecule has 3 N–H and O–H groups in total. The zero-order valence-electron chi connectivity index (χ0n) is 15.9. The second-order valence-corrected chi connectivity index (χ2v) is 6.24. The summed E-state index contributed by atoms with van der Waals surface area (Å²) in [7, 11) is 3.06. The smallest absolute Gasteiger partial charge is 0.319 e. The van der Waals surface area contributed by atoms with Crippen LogP contribution in [0.3, 0.4) is 0 Å². The van der Waals surface area contributed by atoms with Crippen molar-refractivity contribution in [3.63, 3.8) is 0 Å². The summed E-state index contributed by atoms with van der Waals surface area (Å²) < 4.78 is 10.5. The summed E-state index contributed by atoms with van der Waals surface area (Å²) in [6.07, 6.45) is 0. The first-order valence-corrected chi connectivity index (χ1v) is 8.60. The molecule has 3 amide bonds. The van der Waals surface area contributed by atoms with Crippen LogP contribution in [0.2, 0.25) is 0 Å². The lowest BCUT2D eigenvalue weighted by atomic mass is 10.0. The first-order chi connectivity index (χ1) is 12.9. The number of para-hydroxylation sites is 1. The first-order valence-electron chi connectivity index (χ1n) is 8.60. The Bertz CT molecular complexity index is 778. The number of benzene rings is 2. The molecule has 0 fully saturated rings. The Balaban J connectivity index is 2.10. The highest BCUT2D eigenvalue weighted by Crippen LogP contribution is 2.29. The van der Waals surface area contributed by atoms with Crippen LogP contribution in [0.25, 0.3) is 0 Å². The minimum absolute atomic E-state index is 0.122. The van der Waals surface area contributed by atoms with Gasteiger partial charge >= 0.3 is 6.03 Å². The number of rotatable bonds is 7. The third-order valence-electron chi connectivity index (χ3n) is 3.93. The Labute approximate surface area is 159 Å². The van der Waals surface area contributed by atoms with Crippen molar-refractivity contribution < 1.29 is 19.1 Å². The van der Waals surface area contributed by atoms with Crippen LogP contribution in [-0.2, 0) is 4.79 Å². The van der Waals surface area contributed by atoms with Crippen LogP contribution in [0.1, 0.15) is 13.8 Å². The van der Waals surface area contributed by atoms with Gasteiger partial charge in [-0.1, -0.05) is 32.0 Å². The second kappa shape index (κ2) is 9.47. The van der Waals surface area contributed by atoms with Gasteiger partial charge in [-0.3, -0.25) is 4.79 Å². The van der Waals surface area contributed by atoms with Crippen LogP contribution < -0.4 is 25.4 Å². The van der Waals surface area contributed by atoms with E-state index in [-0.39, 0.29) is 11.8 Å². The van der Waals surface area contributed by atoms with E-state index in [1.807, 2.05) is 32.0 Å². The van der Waals surface area contributed by atoms with Gasteiger partial charge in [0.25, 0.3) is 0 Å². The maximum Gasteiger partial charge on any atom is 0.319 e. The lowest BCUT2D eigenvalue weighted by Crippen LogP contribution is -2.48. The van der Waals surface area contributed by atoms with Crippen molar-refractivity contribution in [2.24, 2.45) is 5.92 Å². The molecule has 0 aliphatic rings. The van der Waals surface area contributed by atoms with Gasteiger partial charge in [-0.25, -0.2) is 4.79 Å². The quantitative estimate of drug-likeness (QED) is 0.695. The number of urea groups is 1. The molecule has 1 unspecified atom stereocenters. The number of carbonyl (C=O) groups excluding carboxylic acids is 2. The maximum atomic E-state index is 12.8. The molecule has 27 heavy (non-hydrogen) atoms. The van der Waals surface area contributed by atoms with Gasteiger partial charge in [0.2, 0.25) is 5.91 Å². The molecule has 7 heteroatoms. The van der Waals surface area contributed by atoms with Crippen LogP contribution in [0, 0.1) is 5.92 Å². The lowest BCUT2D eigenvalue weighted by Gasteiger charge is -2.22. The van der Waals surface area contributed by atoms with E-state index in [1.54, 1.807) is 37.4 Å². The average molecular weight is 371 g/mol. The molecule has 0 bridgehead atoms. The van der Waals surface area contributed by atoms with Crippen LogP contribution in [-0.4, -0.2) is 32.2 Å². The van der Waals surface area contributed by atoms with Crippen molar-refractivity contribution >= 4 is 23.3 Å². The van der Waals surface area contributed by atoms with Gasteiger partial charge in [-0.15, -0.1) is 0 Å². The standard InChI is InChI=1S/C20H25N3O4/c1-13(2)18(23-20(25)21-14-8-6-5-7-9-14)19(24)22-16-12-15(26-3)10-11-17(16)27-4/h5-13,18H,1-4H3,(H,22,24)(H2,21,23,25). The number of carbonyl (C=O) groups is 2. The molecule has 0 spiro atoms. The minimum atomic E-state index is -0.732. The number of ether oxygens (including phenoxy) is 2. The van der Waals surface area contributed by atoms with Gasteiger partial charge in [0.1, 0.15) is 17.5 Å². The summed E-state index contributed by atoms with van der Waals surface area (Å²) in [5, 5.41) is 8.23. The zero-order valence-corrected chi connectivity index (χ0v) is 15.9. The minimum Gasteiger partial charge on any atom is -0.497 e. The lowest BCUT2D eigenvalue weighted by molar-refractivity contribution is -0.118. The van der Waals surface area contributed by atoms with Crippen LogP contribution in [0.5, 0.6) is 11.5 Å². The van der Waals surface area contributed by atoms with E-state index in [0.29, 0.717) is 22.9 Å². The Morgan fingerprint density at radius 1 is 0.926 bits per heavy atom. The highest BCUT2D eigenvalue weighted by atomic mass is 16.5. The van der Waals surface area contributed by atoms with E-state index in [0.717, 1.165) is 0 Å². The summed E-state index contributed by atoms with van der Waals surface area (Å²) in [6.45, 7) is 3.71. The first kappa shape index (κ1) is 20.1. The Morgan fingerprint density at radius 3 is 2.22 bits per heavy atom. The zero-order chi connectivity index (χ0) is 19.8. The van der Waals surface area contributed by atoms with E-state index < -0.39 is 12.1 Å². The molecule has 0 aliphatic heterocycles. The van der Waals surface area contributed by atoms with Crippen molar-refractivity contribution in [1.29, 1.82) is 0 Å². The number of hydrogen-bond donors (Lipinski definition) is 3. The summed E-state index contributed by atoms with van der Waals surface area (Å²) >= 11 is 0. The van der Waals surface area contributed by atoms with E-state index in [9.17, 15) is 9.59 Å². The van der Waals surface area contributed by atoms with Crippen molar-refractivity contribution in [3.8, 4) is 11.5 Å². The molecule has 2 aromatic rings. The Kier molecular flexibility index (Phi) is 7.05. The van der Waals surface area contributed by atoms with E-state index in [1.165, 1.54) is 7.11 Å². The molecule has 2 aromatic carbocycles. The second-order valence-electron chi connectivity index (χ2n) is 6.24. The number of anilines is 2. The van der Waals surface area contributed by atoms with Crippen LogP contribution in [0.4, 0.5) is 16.2 Å². The molecular formula is C20H25N3O4. The molecule has 7 nitrogen and oxygen atoms in total. The van der Waals surface area contributed by atoms with Crippen LogP contribution >= 0.6 is 0 Å². The van der Waals surface area contributed by atoms with Gasteiger partial charge in [0, 0.05) is 11.8 Å². The number of amides is 3. The fraction of sp³-hybridized carbons (Fsp3) is 0.300. The summed E-state index contributed by atoms with van der Waals surface area (Å²) in [5.74, 6) is 0.616. The fourth-order valence-electron chi connectivity index (χ4n) is 2.49. The van der Waals surface area contributed by atoms with Gasteiger partial charge in [0.05, 0.1) is 19.9 Å². The maximum absolute atomic E-state index is 12.8. The average Bonchev–Trinajstić information content (AvgIpc) is 2.66. The molecule has 2 rings (SSSR count). The normalized spacial score (nSPS) is 11.4. The molecule has 0 saturated carbocycles. The van der Waals surface area contributed by atoms with Gasteiger partial charge in [-0.05, 0) is 30.2 Å². The Morgan fingerprint density at radius 2 is 1.63 bits per heavy atom. The summed E-state index contributed by atoms with van der Waals surface area (Å²) in [5.41, 5.74) is 1.12. The van der Waals surface area contributed by atoms with Gasteiger partial charge in [0.15, 0.2) is 0 Å². The molecule has 144 valence electrons. The van der Waals surface area contributed by atoms with Crippen molar-refractivity contribution in [2.45, 2.75) is 19.9 Å². The SMILES string of the molecule is COc1ccc(OC)c(NC(=O)C(NC(=O)Nc2ccccc2)C(C)C)c1. The van der Waals surface area contributed by atoms with Gasteiger partial charge in [-0.2, -0.15) is 0 Å². The molecule has 1 atom stereocenters. The highest BCUT2D eigenvalue weighted by molar-refractivity contribution is 6.00. The van der Waals surface area contributed by atoms with Crippen molar-refractivity contribution in [3.05, 3.63) is 48.5 Å². The van der Waals surface area contributed by atoms with Gasteiger partial charge < -0.3 is 25.4 Å². The highest BCUT2D eigenvalue weighted by Gasteiger charge is 2.25. The van der Waals surface area contributed by atoms with E-state index >= 15 is 0 Å². The third-order valence-corrected chi connectivity index (χ3v) is 3.93. The molecule has 0 aliphatic carbocycles. The summed E-state index contributed by atoms with van der Waals surface area (Å²) in [6, 6.07) is 12.9. The number of methoxy groups -OCH3 is 2.